The minimum atomic E-state index is -0.452. The Labute approximate surface area is 165 Å². The van der Waals surface area contributed by atoms with Crippen LogP contribution < -0.4 is 10.2 Å². The van der Waals surface area contributed by atoms with E-state index in [-0.39, 0.29) is 24.1 Å². The molecule has 6 heteroatoms. The second kappa shape index (κ2) is 8.87. The first-order valence-corrected chi connectivity index (χ1v) is 9.80. The topological polar surface area (TPSA) is 75.5 Å². The van der Waals surface area contributed by atoms with E-state index >= 15 is 0 Å². The number of rotatable bonds is 6. The van der Waals surface area contributed by atoms with Gasteiger partial charge in [-0.2, -0.15) is 0 Å². The molecule has 1 amide bonds. The first kappa shape index (κ1) is 19.9. The van der Waals surface area contributed by atoms with E-state index in [2.05, 4.69) is 29.3 Å². The van der Waals surface area contributed by atoms with E-state index in [0.29, 0.717) is 5.56 Å². The van der Waals surface area contributed by atoms with Crippen LogP contribution in [-0.4, -0.2) is 23.9 Å². The lowest BCUT2D eigenvalue weighted by molar-refractivity contribution is -0.385. The van der Waals surface area contributed by atoms with Gasteiger partial charge in [0.25, 0.3) is 5.69 Å². The predicted octanol–water partition coefficient (Wildman–Crippen LogP) is 4.25. The summed E-state index contributed by atoms with van der Waals surface area (Å²) in [6.45, 7) is 6.40. The molecular weight excluding hydrogens is 354 g/mol. The third-order valence-corrected chi connectivity index (χ3v) is 5.46. The van der Waals surface area contributed by atoms with Crippen LogP contribution in [0.15, 0.2) is 48.5 Å². The van der Waals surface area contributed by atoms with Crippen molar-refractivity contribution in [1.29, 1.82) is 0 Å². The van der Waals surface area contributed by atoms with Crippen molar-refractivity contribution < 1.29 is 9.72 Å². The number of amides is 1. The van der Waals surface area contributed by atoms with Crippen LogP contribution in [0.4, 0.5) is 11.4 Å². The average Bonchev–Trinajstić information content (AvgIpc) is 2.69. The van der Waals surface area contributed by atoms with Gasteiger partial charge in [-0.15, -0.1) is 0 Å². The maximum atomic E-state index is 12.4. The molecule has 0 radical (unpaired) electrons. The lowest BCUT2D eigenvalue weighted by Gasteiger charge is -2.32. The number of carbonyl (C=O) groups excluding carboxylic acids is 1. The van der Waals surface area contributed by atoms with Crippen LogP contribution in [-0.2, 0) is 11.2 Å². The molecule has 0 unspecified atom stereocenters. The summed E-state index contributed by atoms with van der Waals surface area (Å²) < 4.78 is 0. The number of carbonyl (C=O) groups is 1. The Morgan fingerprint density at radius 2 is 1.82 bits per heavy atom. The van der Waals surface area contributed by atoms with Crippen LogP contribution in [0, 0.1) is 16.0 Å². The predicted molar refractivity (Wildman–Crippen MR) is 110 cm³/mol. The number of nitro groups is 1. The molecule has 1 aliphatic rings. The highest BCUT2D eigenvalue weighted by atomic mass is 16.6. The van der Waals surface area contributed by atoms with Crippen LogP contribution in [0.3, 0.4) is 0 Å². The van der Waals surface area contributed by atoms with Crippen molar-refractivity contribution in [2.75, 3.05) is 18.0 Å². The maximum absolute atomic E-state index is 12.4. The third-order valence-electron chi connectivity index (χ3n) is 5.46. The zero-order chi connectivity index (χ0) is 20.1. The summed E-state index contributed by atoms with van der Waals surface area (Å²) >= 11 is 0. The van der Waals surface area contributed by atoms with E-state index in [1.54, 1.807) is 18.2 Å². The number of nitrogens with zero attached hydrogens (tertiary/aromatic N) is 2. The highest BCUT2D eigenvalue weighted by Crippen LogP contribution is 2.25. The van der Waals surface area contributed by atoms with Crippen molar-refractivity contribution in [2.45, 2.75) is 39.2 Å². The Bertz CT molecular complexity index is 827. The van der Waals surface area contributed by atoms with Gasteiger partial charge in [-0.3, -0.25) is 14.9 Å². The Morgan fingerprint density at radius 1 is 1.18 bits per heavy atom. The van der Waals surface area contributed by atoms with Crippen molar-refractivity contribution in [3.63, 3.8) is 0 Å². The summed E-state index contributed by atoms with van der Waals surface area (Å²) in [4.78, 5) is 25.4. The highest BCUT2D eigenvalue weighted by molar-refractivity contribution is 5.80. The molecule has 2 aromatic carbocycles. The molecule has 1 atom stereocenters. The van der Waals surface area contributed by atoms with Crippen LogP contribution in [0.25, 0.3) is 0 Å². The number of hydrogen-bond donors (Lipinski definition) is 1. The van der Waals surface area contributed by atoms with E-state index in [9.17, 15) is 14.9 Å². The van der Waals surface area contributed by atoms with Crippen molar-refractivity contribution in [2.24, 2.45) is 5.92 Å². The number of hydrogen-bond acceptors (Lipinski definition) is 4. The lowest BCUT2D eigenvalue weighted by Crippen LogP contribution is -2.32. The molecule has 6 nitrogen and oxygen atoms in total. The van der Waals surface area contributed by atoms with Crippen LogP contribution in [0.1, 0.15) is 43.9 Å². The molecule has 1 heterocycles. The molecule has 3 rings (SSSR count). The normalized spacial score (nSPS) is 15.9. The van der Waals surface area contributed by atoms with Gasteiger partial charge in [0.15, 0.2) is 0 Å². The van der Waals surface area contributed by atoms with Gasteiger partial charge in [0.05, 0.1) is 17.4 Å². The molecule has 148 valence electrons. The first-order valence-electron chi connectivity index (χ1n) is 9.80. The average molecular weight is 381 g/mol. The van der Waals surface area contributed by atoms with E-state index < -0.39 is 4.92 Å². The fourth-order valence-electron chi connectivity index (χ4n) is 3.63. The summed E-state index contributed by atoms with van der Waals surface area (Å²) in [7, 11) is 0. The molecule has 0 spiro atoms. The zero-order valence-electron chi connectivity index (χ0n) is 16.4. The fourth-order valence-corrected chi connectivity index (χ4v) is 3.63. The lowest BCUT2D eigenvalue weighted by atomic mass is 9.98. The van der Waals surface area contributed by atoms with Crippen molar-refractivity contribution in [3.8, 4) is 0 Å². The number of piperidine rings is 1. The number of para-hydroxylation sites is 1. The number of anilines is 1. The van der Waals surface area contributed by atoms with Crippen molar-refractivity contribution >= 4 is 17.3 Å². The molecule has 2 aromatic rings. The Hall–Kier alpha value is -2.89. The number of nitro benzene ring substituents is 1. The second-order valence-corrected chi connectivity index (χ2v) is 7.61. The molecule has 0 aliphatic carbocycles. The fraction of sp³-hybridized carbons (Fsp3) is 0.409. The molecule has 0 bridgehead atoms. The van der Waals surface area contributed by atoms with Gasteiger partial charge in [0.1, 0.15) is 0 Å². The monoisotopic (exact) mass is 381 g/mol. The summed E-state index contributed by atoms with van der Waals surface area (Å²) in [5.41, 5.74) is 2.64. The van der Waals surface area contributed by atoms with Gasteiger partial charge >= 0.3 is 0 Å². The smallest absolute Gasteiger partial charge is 0.273 e. The van der Waals surface area contributed by atoms with Gasteiger partial charge in [0.2, 0.25) is 5.91 Å². The summed E-state index contributed by atoms with van der Waals surface area (Å²) in [5.74, 6) is 0.571. The van der Waals surface area contributed by atoms with Gasteiger partial charge in [0, 0.05) is 30.4 Å². The summed E-state index contributed by atoms with van der Waals surface area (Å²) in [6.07, 6.45) is 2.44. The zero-order valence-corrected chi connectivity index (χ0v) is 16.4. The van der Waals surface area contributed by atoms with Gasteiger partial charge in [-0.05, 0) is 43.4 Å². The van der Waals surface area contributed by atoms with Gasteiger partial charge in [-0.1, -0.05) is 37.3 Å². The summed E-state index contributed by atoms with van der Waals surface area (Å²) in [6, 6.07) is 14.5. The molecule has 0 saturated carbocycles. The van der Waals surface area contributed by atoms with Crippen molar-refractivity contribution in [1.82, 2.24) is 5.32 Å². The standard InChI is InChI=1S/C22H27N3O3/c1-16-11-13-24(14-12-16)20-9-7-18(8-10-20)17(2)23-22(26)15-19-5-3-4-6-21(19)25(27)28/h3-10,16-17H,11-15H2,1-2H3,(H,23,26)/t17-/m1/s1. The Kier molecular flexibility index (Phi) is 6.29. The molecule has 1 aliphatic heterocycles. The first-order chi connectivity index (χ1) is 13.4. The van der Waals surface area contributed by atoms with Gasteiger partial charge in [-0.25, -0.2) is 0 Å². The van der Waals surface area contributed by atoms with E-state index in [0.717, 1.165) is 24.6 Å². The van der Waals surface area contributed by atoms with Crippen LogP contribution >= 0.6 is 0 Å². The molecular formula is C22H27N3O3. The molecule has 1 saturated heterocycles. The maximum Gasteiger partial charge on any atom is 0.273 e. The number of nitrogens with one attached hydrogen (secondary N) is 1. The largest absolute Gasteiger partial charge is 0.372 e. The molecule has 1 fully saturated rings. The van der Waals surface area contributed by atoms with Crippen LogP contribution in [0.5, 0.6) is 0 Å². The molecule has 28 heavy (non-hydrogen) atoms. The highest BCUT2D eigenvalue weighted by Gasteiger charge is 2.18. The van der Waals surface area contributed by atoms with E-state index in [4.69, 9.17) is 0 Å². The second-order valence-electron chi connectivity index (χ2n) is 7.61. The minimum Gasteiger partial charge on any atom is -0.372 e. The Morgan fingerprint density at radius 3 is 2.46 bits per heavy atom. The minimum absolute atomic E-state index is 0.00839. The third kappa shape index (κ3) is 4.88. The van der Waals surface area contributed by atoms with Gasteiger partial charge < -0.3 is 10.2 Å². The van der Waals surface area contributed by atoms with E-state index in [1.165, 1.54) is 24.6 Å². The molecule has 0 aromatic heterocycles. The Balaban J connectivity index is 1.59. The van der Waals surface area contributed by atoms with Crippen molar-refractivity contribution in [3.05, 3.63) is 69.8 Å². The van der Waals surface area contributed by atoms with Crippen LogP contribution in [0.2, 0.25) is 0 Å². The SMILES string of the molecule is CC1CCN(c2ccc([C@@H](C)NC(=O)Cc3ccccc3[N+](=O)[O-])cc2)CC1. The number of benzene rings is 2. The van der Waals surface area contributed by atoms with E-state index in [1.807, 2.05) is 19.1 Å². The summed E-state index contributed by atoms with van der Waals surface area (Å²) in [5, 5.41) is 14.0. The quantitative estimate of drug-likeness (QED) is 0.599. The molecule has 1 N–H and O–H groups in total.